The summed E-state index contributed by atoms with van der Waals surface area (Å²) >= 11 is 0. The zero-order valence-corrected chi connectivity index (χ0v) is 8.71. The Morgan fingerprint density at radius 3 is 2.46 bits per heavy atom. The first kappa shape index (κ1) is 11.0. The summed E-state index contributed by atoms with van der Waals surface area (Å²) in [6.07, 6.45) is 5.11. The van der Waals surface area contributed by atoms with Crippen LogP contribution in [-0.4, -0.2) is 33.6 Å². The molecule has 0 radical (unpaired) electrons. The molecule has 0 amide bonds. The molecule has 3 heteroatoms. The molecule has 1 rings (SSSR count). The number of hydrogen-bond acceptors (Lipinski definition) is 3. The lowest BCUT2D eigenvalue weighted by Crippen LogP contribution is -2.23. The lowest BCUT2D eigenvalue weighted by Gasteiger charge is -2.13. The summed E-state index contributed by atoms with van der Waals surface area (Å²) in [5.41, 5.74) is 0. The van der Waals surface area contributed by atoms with Crippen LogP contribution >= 0.6 is 0 Å². The van der Waals surface area contributed by atoms with Crippen LogP contribution in [0.15, 0.2) is 0 Å². The lowest BCUT2D eigenvalue weighted by molar-refractivity contribution is -0.105. The Kier molecular flexibility index (Phi) is 5.35. The van der Waals surface area contributed by atoms with E-state index in [9.17, 15) is 0 Å². The highest BCUT2D eigenvalue weighted by Gasteiger charge is 2.19. The van der Waals surface area contributed by atoms with Gasteiger partial charge in [0.05, 0.1) is 0 Å². The molecule has 1 aliphatic rings. The zero-order chi connectivity index (χ0) is 9.52. The summed E-state index contributed by atoms with van der Waals surface area (Å²) < 4.78 is 10.2. The molecule has 1 saturated carbocycles. The van der Waals surface area contributed by atoms with Gasteiger partial charge >= 0.3 is 0 Å². The van der Waals surface area contributed by atoms with E-state index in [0.717, 1.165) is 25.4 Å². The number of ether oxygens (including phenoxy) is 2. The van der Waals surface area contributed by atoms with Crippen molar-refractivity contribution in [1.29, 1.82) is 0 Å². The fraction of sp³-hybridized carbons (Fsp3) is 1.00. The molecule has 0 aromatic carbocycles. The summed E-state index contributed by atoms with van der Waals surface area (Å²) in [6.45, 7) is 2.13. The van der Waals surface area contributed by atoms with Gasteiger partial charge < -0.3 is 14.8 Å². The molecule has 0 unspecified atom stereocenters. The molecular formula is C10H21NO2. The minimum Gasteiger partial charge on any atom is -0.356 e. The second kappa shape index (κ2) is 6.35. The van der Waals surface area contributed by atoms with Gasteiger partial charge in [0.15, 0.2) is 6.29 Å². The number of nitrogens with one attached hydrogen (secondary N) is 1. The normalized spacial score (nSPS) is 16.8. The maximum absolute atomic E-state index is 5.08. The molecule has 0 aliphatic heterocycles. The van der Waals surface area contributed by atoms with Crippen LogP contribution in [0.2, 0.25) is 0 Å². The third-order valence-corrected chi connectivity index (χ3v) is 2.51. The number of hydrogen-bond donors (Lipinski definition) is 1. The summed E-state index contributed by atoms with van der Waals surface area (Å²) in [7, 11) is 3.36. The van der Waals surface area contributed by atoms with Crippen LogP contribution in [0.5, 0.6) is 0 Å². The molecule has 0 heterocycles. The molecule has 1 N–H and O–H groups in total. The second-order valence-electron chi connectivity index (χ2n) is 3.67. The van der Waals surface area contributed by atoms with Crippen LogP contribution in [0.4, 0.5) is 0 Å². The van der Waals surface area contributed by atoms with Crippen LogP contribution < -0.4 is 5.32 Å². The van der Waals surface area contributed by atoms with E-state index in [4.69, 9.17) is 9.47 Å². The predicted octanol–water partition coefficient (Wildman–Crippen LogP) is 1.39. The van der Waals surface area contributed by atoms with E-state index < -0.39 is 0 Å². The molecule has 1 fully saturated rings. The number of rotatable bonds is 8. The first-order valence-corrected chi connectivity index (χ1v) is 5.13. The van der Waals surface area contributed by atoms with Gasteiger partial charge in [-0.2, -0.15) is 0 Å². The van der Waals surface area contributed by atoms with Crippen molar-refractivity contribution in [1.82, 2.24) is 5.32 Å². The molecule has 0 saturated heterocycles. The summed E-state index contributed by atoms with van der Waals surface area (Å²) in [6, 6.07) is 0. The molecule has 1 aliphatic carbocycles. The highest BCUT2D eigenvalue weighted by atomic mass is 16.7. The molecular weight excluding hydrogens is 166 g/mol. The average Bonchev–Trinajstić information content (AvgIpc) is 2.95. The molecule has 13 heavy (non-hydrogen) atoms. The van der Waals surface area contributed by atoms with Gasteiger partial charge in [0.25, 0.3) is 0 Å². The van der Waals surface area contributed by atoms with E-state index in [-0.39, 0.29) is 6.29 Å². The van der Waals surface area contributed by atoms with Gasteiger partial charge in [0, 0.05) is 20.6 Å². The smallest absolute Gasteiger partial charge is 0.158 e. The van der Waals surface area contributed by atoms with Crippen molar-refractivity contribution in [2.75, 3.05) is 27.3 Å². The first-order valence-electron chi connectivity index (χ1n) is 5.13. The monoisotopic (exact) mass is 187 g/mol. The van der Waals surface area contributed by atoms with Crippen molar-refractivity contribution in [3.8, 4) is 0 Å². The quantitative estimate of drug-likeness (QED) is 0.460. The van der Waals surface area contributed by atoms with E-state index in [2.05, 4.69) is 5.32 Å². The van der Waals surface area contributed by atoms with Crippen molar-refractivity contribution in [3.05, 3.63) is 0 Å². The van der Waals surface area contributed by atoms with Gasteiger partial charge in [-0.1, -0.05) is 12.8 Å². The average molecular weight is 187 g/mol. The van der Waals surface area contributed by atoms with Gasteiger partial charge in [-0.05, 0) is 25.4 Å². The van der Waals surface area contributed by atoms with Crippen LogP contribution in [0, 0.1) is 5.92 Å². The van der Waals surface area contributed by atoms with Crippen molar-refractivity contribution in [2.24, 2.45) is 5.92 Å². The molecule has 0 aromatic heterocycles. The van der Waals surface area contributed by atoms with Gasteiger partial charge in [-0.15, -0.1) is 0 Å². The Morgan fingerprint density at radius 2 is 1.92 bits per heavy atom. The third-order valence-electron chi connectivity index (χ3n) is 2.51. The topological polar surface area (TPSA) is 30.5 Å². The van der Waals surface area contributed by atoms with Gasteiger partial charge in [-0.3, -0.25) is 0 Å². The van der Waals surface area contributed by atoms with Crippen LogP contribution in [0.1, 0.15) is 25.7 Å². The molecule has 0 atom stereocenters. The zero-order valence-electron chi connectivity index (χ0n) is 8.71. The van der Waals surface area contributed by atoms with Crippen LogP contribution in [0.3, 0.4) is 0 Å². The minimum absolute atomic E-state index is 0.0478. The van der Waals surface area contributed by atoms with Crippen molar-refractivity contribution >= 4 is 0 Å². The Balaban J connectivity index is 1.81. The van der Waals surface area contributed by atoms with Gasteiger partial charge in [-0.25, -0.2) is 0 Å². The van der Waals surface area contributed by atoms with Crippen molar-refractivity contribution in [2.45, 2.75) is 32.0 Å². The molecule has 0 aromatic rings. The number of methoxy groups -OCH3 is 2. The molecule has 0 spiro atoms. The SMILES string of the molecule is COC(CCNCCC1CC1)OC. The Bertz CT molecular complexity index is 122. The predicted molar refractivity (Wildman–Crippen MR) is 52.6 cm³/mol. The largest absolute Gasteiger partial charge is 0.356 e. The molecule has 0 bridgehead atoms. The summed E-state index contributed by atoms with van der Waals surface area (Å²) in [5.74, 6) is 1.02. The van der Waals surface area contributed by atoms with Crippen molar-refractivity contribution < 1.29 is 9.47 Å². The van der Waals surface area contributed by atoms with E-state index in [1.165, 1.54) is 19.3 Å². The van der Waals surface area contributed by atoms with Gasteiger partial charge in [0.2, 0.25) is 0 Å². The lowest BCUT2D eigenvalue weighted by atomic mass is 10.3. The summed E-state index contributed by atoms with van der Waals surface area (Å²) in [4.78, 5) is 0. The Morgan fingerprint density at radius 1 is 1.23 bits per heavy atom. The fourth-order valence-electron chi connectivity index (χ4n) is 1.39. The highest BCUT2D eigenvalue weighted by Crippen LogP contribution is 2.31. The van der Waals surface area contributed by atoms with E-state index in [1.807, 2.05) is 0 Å². The summed E-state index contributed by atoms with van der Waals surface area (Å²) in [5, 5.41) is 3.40. The minimum atomic E-state index is -0.0478. The molecule has 78 valence electrons. The van der Waals surface area contributed by atoms with Crippen LogP contribution in [0.25, 0.3) is 0 Å². The first-order chi connectivity index (χ1) is 6.36. The standard InChI is InChI=1S/C10H21NO2/c1-12-10(13-2)6-8-11-7-5-9-3-4-9/h9-11H,3-8H2,1-2H3. The third kappa shape index (κ3) is 5.24. The maximum Gasteiger partial charge on any atom is 0.158 e. The van der Waals surface area contributed by atoms with E-state index in [1.54, 1.807) is 14.2 Å². The van der Waals surface area contributed by atoms with Crippen molar-refractivity contribution in [3.63, 3.8) is 0 Å². The van der Waals surface area contributed by atoms with Crippen LogP contribution in [-0.2, 0) is 9.47 Å². The second-order valence-corrected chi connectivity index (χ2v) is 3.67. The fourth-order valence-corrected chi connectivity index (χ4v) is 1.39. The maximum atomic E-state index is 5.08. The van der Waals surface area contributed by atoms with Gasteiger partial charge in [0.1, 0.15) is 0 Å². The van der Waals surface area contributed by atoms with E-state index >= 15 is 0 Å². The Hall–Kier alpha value is -0.120. The Labute approximate surface area is 80.8 Å². The molecule has 3 nitrogen and oxygen atoms in total. The van der Waals surface area contributed by atoms with E-state index in [0.29, 0.717) is 0 Å². The highest BCUT2D eigenvalue weighted by molar-refractivity contribution is 4.73.